The molecule has 95 heavy (non-hydrogen) atoms. The first-order chi connectivity index (χ1) is 46.6. The molecular weight excluding hydrogens is 1170 g/mol. The predicted octanol–water partition coefficient (Wildman–Crippen LogP) is 25.7. The van der Waals surface area contributed by atoms with Crippen molar-refractivity contribution < 1.29 is 42.9 Å². The average Bonchev–Trinajstić information content (AvgIpc) is 3.75. The third-order valence-corrected chi connectivity index (χ3v) is 17.5. The van der Waals surface area contributed by atoms with Crippen molar-refractivity contribution in [3.05, 3.63) is 109 Å². The van der Waals surface area contributed by atoms with Gasteiger partial charge in [0.15, 0.2) is 6.10 Å². The molecule has 0 bridgehead atoms. The summed E-state index contributed by atoms with van der Waals surface area (Å²) in [5, 5.41) is 9.77. The van der Waals surface area contributed by atoms with Gasteiger partial charge in [0.2, 0.25) is 0 Å². The lowest BCUT2D eigenvalue weighted by Crippen LogP contribution is -2.40. The molecule has 1 N–H and O–H groups in total. The van der Waals surface area contributed by atoms with Crippen LogP contribution in [0.3, 0.4) is 0 Å². The van der Waals surface area contributed by atoms with E-state index in [1.165, 1.54) is 225 Å². The lowest BCUT2D eigenvalue weighted by atomic mass is 10.0. The van der Waals surface area contributed by atoms with Crippen LogP contribution < -0.4 is 0 Å². The molecule has 0 saturated carbocycles. The Labute approximate surface area is 587 Å². The summed E-state index contributed by atoms with van der Waals surface area (Å²) in [7, 11) is 5.98. The van der Waals surface area contributed by atoms with Gasteiger partial charge in [-0.15, -0.1) is 0 Å². The van der Waals surface area contributed by atoms with E-state index in [1.807, 2.05) is 21.1 Å². The first-order valence-electron chi connectivity index (χ1n) is 40.1. The molecule has 0 saturated heterocycles. The summed E-state index contributed by atoms with van der Waals surface area (Å²) in [6.45, 7) is 4.80. The van der Waals surface area contributed by atoms with Crippen molar-refractivity contribution in [2.45, 2.75) is 373 Å². The summed E-state index contributed by atoms with van der Waals surface area (Å²) in [6.07, 6.45) is 104. The fourth-order valence-corrected chi connectivity index (χ4v) is 11.5. The second-order valence-electron chi connectivity index (χ2n) is 28.0. The number of hydrogen-bond donors (Lipinski definition) is 1. The van der Waals surface area contributed by atoms with Crippen molar-refractivity contribution in [3.63, 3.8) is 0 Å². The van der Waals surface area contributed by atoms with Gasteiger partial charge in [0.05, 0.1) is 34.4 Å². The number of ether oxygens (including phenoxy) is 4. The maximum Gasteiger partial charge on any atom is 0.361 e. The summed E-state index contributed by atoms with van der Waals surface area (Å²) >= 11 is 0. The van der Waals surface area contributed by atoms with Gasteiger partial charge in [-0.1, -0.05) is 374 Å². The van der Waals surface area contributed by atoms with Gasteiger partial charge in [0.25, 0.3) is 6.29 Å². The van der Waals surface area contributed by atoms with E-state index in [2.05, 4.69) is 123 Å². The molecule has 548 valence electrons. The van der Waals surface area contributed by atoms with Crippen LogP contribution >= 0.6 is 0 Å². The third kappa shape index (κ3) is 77.2. The first kappa shape index (κ1) is 91.0. The van der Waals surface area contributed by atoms with E-state index in [0.717, 1.165) is 103 Å². The Kier molecular flexibility index (Phi) is 72.5. The van der Waals surface area contributed by atoms with Crippen molar-refractivity contribution in [1.29, 1.82) is 0 Å². The van der Waals surface area contributed by atoms with Gasteiger partial charge < -0.3 is 28.5 Å². The number of carboxylic acid groups (broad SMARTS) is 1. The molecule has 0 aromatic rings. The molecule has 0 fully saturated rings. The van der Waals surface area contributed by atoms with Gasteiger partial charge in [0.1, 0.15) is 13.2 Å². The van der Waals surface area contributed by atoms with Crippen LogP contribution in [0.5, 0.6) is 0 Å². The number of carbonyl (C=O) groups excluding carboxylic acids is 2. The molecule has 0 aromatic heterocycles. The summed E-state index contributed by atoms with van der Waals surface area (Å²) in [4.78, 5) is 37.7. The highest BCUT2D eigenvalue weighted by Crippen LogP contribution is 2.19. The van der Waals surface area contributed by atoms with E-state index in [9.17, 15) is 19.5 Å². The number of rotatable bonds is 74. The molecule has 0 spiro atoms. The third-order valence-electron chi connectivity index (χ3n) is 17.5. The molecule has 0 amide bonds. The summed E-state index contributed by atoms with van der Waals surface area (Å²) in [5.41, 5.74) is 0. The second-order valence-corrected chi connectivity index (χ2v) is 28.0. The molecule has 2 unspecified atom stereocenters. The van der Waals surface area contributed by atoms with E-state index in [4.69, 9.17) is 18.9 Å². The number of aliphatic carboxylic acids is 1. The van der Waals surface area contributed by atoms with Gasteiger partial charge in [-0.25, -0.2) is 4.79 Å². The minimum absolute atomic E-state index is 0.184. The minimum atomic E-state index is -1.52. The maximum atomic E-state index is 13.0. The molecule has 0 aliphatic heterocycles. The molecule has 9 heteroatoms. The molecule has 0 aliphatic rings. The SMILES string of the molecule is CC/C=C\C/C=C\C/C=C\C/C=C\C/C=C\C/C=C\C/C=C\C/C=C\C/C=C\CCCCCCCCCCCC(=O)OC(COC(=O)CCCCCCCCCCCCCCCCCCCCCCCCCCCCCCCCCCC)COC(OCC[N+](C)(C)C)C(=O)O. The molecule has 0 heterocycles. The number of quaternary nitrogens is 1. The van der Waals surface area contributed by atoms with E-state index in [-0.39, 0.29) is 32.2 Å². The van der Waals surface area contributed by atoms with Crippen molar-refractivity contribution in [3.8, 4) is 0 Å². The van der Waals surface area contributed by atoms with Crippen LogP contribution in [-0.4, -0.2) is 87.4 Å². The minimum Gasteiger partial charge on any atom is -0.477 e. The number of carboxylic acids is 1. The number of allylic oxidation sites excluding steroid dienone is 18. The molecule has 0 rings (SSSR count). The quantitative estimate of drug-likeness (QED) is 0.0211. The van der Waals surface area contributed by atoms with Crippen molar-refractivity contribution in [2.75, 3.05) is 47.5 Å². The summed E-state index contributed by atoms with van der Waals surface area (Å²) in [5.74, 6) is -2.00. The zero-order valence-corrected chi connectivity index (χ0v) is 62.8. The van der Waals surface area contributed by atoms with Crippen LogP contribution in [0.1, 0.15) is 361 Å². The standard InChI is InChI=1S/C86H151NO8/c1-6-8-10-12-14-16-18-20-22-24-26-28-30-32-34-36-38-40-41-42-43-45-47-49-51-53-55-57-59-61-63-65-67-69-71-73-75-77-84(89)95-82(81-94-86(85(90)91)92-79-78-87(3,4)5)80-93-83(88)76-74-72-70-68-66-64-62-60-58-56-54-52-50-48-46-44-39-37-35-33-31-29-27-25-23-21-19-17-15-13-11-9-7-2/h8,10,14,16,20,22,26,28,32,34,38,40,42-43,47,49,53,55,82,86H,6-7,9,11-13,15,17-19,21,23-25,27,29-31,33,35-37,39,41,44-46,48,50-52,54,56-81H2,1-5H3/p+1/b10-8-,16-14-,22-20-,28-26-,34-32-,40-38-,43-42-,49-47-,55-53-. The summed E-state index contributed by atoms with van der Waals surface area (Å²) in [6, 6.07) is 0. The highest BCUT2D eigenvalue weighted by Gasteiger charge is 2.25. The van der Waals surface area contributed by atoms with Crippen LogP contribution in [-0.2, 0) is 33.3 Å². The van der Waals surface area contributed by atoms with Crippen LogP contribution in [0.15, 0.2) is 109 Å². The fourth-order valence-electron chi connectivity index (χ4n) is 11.5. The Morgan fingerprint density at radius 1 is 0.326 bits per heavy atom. The average molecular weight is 1330 g/mol. The molecule has 0 aliphatic carbocycles. The fraction of sp³-hybridized carbons (Fsp3) is 0.756. The molecule has 0 radical (unpaired) electrons. The normalized spacial score (nSPS) is 13.2. The highest BCUT2D eigenvalue weighted by atomic mass is 16.7. The Morgan fingerprint density at radius 3 is 0.895 bits per heavy atom. The van der Waals surface area contributed by atoms with Crippen molar-refractivity contribution in [1.82, 2.24) is 0 Å². The van der Waals surface area contributed by atoms with Gasteiger partial charge >= 0.3 is 17.9 Å². The predicted molar refractivity (Wildman–Crippen MR) is 410 cm³/mol. The van der Waals surface area contributed by atoms with E-state index in [0.29, 0.717) is 23.9 Å². The van der Waals surface area contributed by atoms with Gasteiger partial charge in [-0.2, -0.15) is 0 Å². The Balaban J connectivity index is 4.07. The first-order valence-corrected chi connectivity index (χ1v) is 40.1. The smallest absolute Gasteiger partial charge is 0.361 e. The highest BCUT2D eigenvalue weighted by molar-refractivity contribution is 5.71. The van der Waals surface area contributed by atoms with Crippen molar-refractivity contribution in [2.24, 2.45) is 0 Å². The monoisotopic (exact) mass is 1330 g/mol. The Bertz CT molecular complexity index is 1930. The second kappa shape index (κ2) is 75.7. The van der Waals surface area contributed by atoms with Crippen molar-refractivity contribution >= 4 is 17.9 Å². The lowest BCUT2D eigenvalue weighted by Gasteiger charge is -2.25. The number of unbranched alkanes of at least 4 members (excludes halogenated alkanes) is 41. The van der Waals surface area contributed by atoms with Gasteiger partial charge in [-0.05, 0) is 83.5 Å². The number of hydrogen-bond acceptors (Lipinski definition) is 7. The topological polar surface area (TPSA) is 108 Å². The Hall–Kier alpha value is -4.05. The van der Waals surface area contributed by atoms with Gasteiger partial charge in [0, 0.05) is 12.8 Å². The largest absolute Gasteiger partial charge is 0.477 e. The molecule has 0 aromatic carbocycles. The molecular formula is C86H152NO8+. The van der Waals surface area contributed by atoms with Crippen LogP contribution in [0.2, 0.25) is 0 Å². The summed E-state index contributed by atoms with van der Waals surface area (Å²) < 4.78 is 23.0. The zero-order valence-electron chi connectivity index (χ0n) is 62.8. The van der Waals surface area contributed by atoms with Crippen LogP contribution in [0.4, 0.5) is 0 Å². The molecule has 2 atom stereocenters. The van der Waals surface area contributed by atoms with E-state index < -0.39 is 24.3 Å². The van der Waals surface area contributed by atoms with Crippen LogP contribution in [0.25, 0.3) is 0 Å². The number of carbonyl (C=O) groups is 3. The maximum absolute atomic E-state index is 13.0. The number of likely N-dealkylation sites (N-methyl/N-ethyl adjacent to an activating group) is 1. The van der Waals surface area contributed by atoms with Crippen LogP contribution in [0, 0.1) is 0 Å². The zero-order chi connectivity index (χ0) is 69.0. The van der Waals surface area contributed by atoms with E-state index in [1.54, 1.807) is 0 Å². The van der Waals surface area contributed by atoms with E-state index >= 15 is 0 Å². The number of esters is 2. The Morgan fingerprint density at radius 2 is 0.600 bits per heavy atom. The number of nitrogens with zero attached hydrogens (tertiary/aromatic N) is 1. The van der Waals surface area contributed by atoms with Gasteiger partial charge in [-0.3, -0.25) is 9.59 Å². The lowest BCUT2D eigenvalue weighted by molar-refractivity contribution is -0.870. The molecule has 9 nitrogen and oxygen atoms in total.